The van der Waals surface area contributed by atoms with Crippen molar-refractivity contribution in [2.75, 3.05) is 29.6 Å². The molecule has 0 bridgehead atoms. The lowest BCUT2D eigenvalue weighted by atomic mass is 9.98. The minimum atomic E-state index is -0.337. The van der Waals surface area contributed by atoms with E-state index in [4.69, 9.17) is 22.1 Å². The van der Waals surface area contributed by atoms with Gasteiger partial charge in [-0.25, -0.2) is 0 Å². The number of aryl methyl sites for hydroxylation is 1. The van der Waals surface area contributed by atoms with E-state index in [9.17, 15) is 4.79 Å². The average Bonchev–Trinajstić information content (AvgIpc) is 2.63. The lowest BCUT2D eigenvalue weighted by molar-refractivity contribution is -0.117. The molecule has 0 spiro atoms. The molecule has 3 rings (SSSR count). The summed E-state index contributed by atoms with van der Waals surface area (Å²) >= 11 is 6.14. The molecular weight excluding hydrogens is 350 g/mol. The molecule has 0 fully saturated rings. The molecule has 0 aliphatic carbocycles. The Kier molecular flexibility index (Phi) is 5.28. The lowest BCUT2D eigenvalue weighted by Gasteiger charge is -2.36. The third kappa shape index (κ3) is 3.44. The molecule has 1 aliphatic heterocycles. The molecule has 0 saturated carbocycles. The monoisotopic (exact) mass is 373 g/mol. The highest BCUT2D eigenvalue weighted by atomic mass is 35.5. The van der Waals surface area contributed by atoms with Crippen LogP contribution in [0.25, 0.3) is 0 Å². The van der Waals surface area contributed by atoms with Crippen LogP contribution in [0.5, 0.6) is 5.75 Å². The second-order valence-electron chi connectivity index (χ2n) is 6.61. The van der Waals surface area contributed by atoms with E-state index in [-0.39, 0.29) is 11.9 Å². The molecular formula is C20H24ClN3O2. The Bertz CT molecular complexity index is 838. The number of carbonyl (C=O) groups excluding carboxylic acids is 1. The van der Waals surface area contributed by atoms with Crippen LogP contribution in [0.3, 0.4) is 0 Å². The van der Waals surface area contributed by atoms with Crippen molar-refractivity contribution >= 4 is 34.6 Å². The number of benzene rings is 2. The Morgan fingerprint density at radius 2 is 2.15 bits per heavy atom. The van der Waals surface area contributed by atoms with Crippen molar-refractivity contribution in [3.05, 3.63) is 46.5 Å². The molecule has 0 radical (unpaired) electrons. The molecule has 0 aromatic heterocycles. The van der Waals surface area contributed by atoms with Crippen molar-refractivity contribution in [2.24, 2.45) is 0 Å². The summed E-state index contributed by atoms with van der Waals surface area (Å²) in [7, 11) is 1.56. The number of hydrogen-bond acceptors (Lipinski definition) is 4. The minimum Gasteiger partial charge on any atom is -0.495 e. The first kappa shape index (κ1) is 18.4. The molecule has 1 heterocycles. The van der Waals surface area contributed by atoms with Gasteiger partial charge in [0.1, 0.15) is 11.8 Å². The van der Waals surface area contributed by atoms with Crippen LogP contribution in [0, 0.1) is 6.92 Å². The quantitative estimate of drug-likeness (QED) is 0.794. The van der Waals surface area contributed by atoms with Crippen molar-refractivity contribution in [2.45, 2.75) is 32.7 Å². The highest BCUT2D eigenvalue weighted by Gasteiger charge is 2.27. The van der Waals surface area contributed by atoms with Crippen LogP contribution in [0.15, 0.2) is 30.3 Å². The van der Waals surface area contributed by atoms with E-state index in [1.54, 1.807) is 13.2 Å². The fourth-order valence-electron chi connectivity index (χ4n) is 3.39. The highest BCUT2D eigenvalue weighted by molar-refractivity contribution is 6.31. The number of methoxy groups -OCH3 is 1. The van der Waals surface area contributed by atoms with Crippen molar-refractivity contribution < 1.29 is 9.53 Å². The zero-order valence-electron chi connectivity index (χ0n) is 15.3. The normalized spacial score (nSPS) is 14.5. The van der Waals surface area contributed by atoms with Gasteiger partial charge in [-0.2, -0.15) is 0 Å². The number of rotatable bonds is 4. The standard InChI is InChI=1S/C20H24ClN3O2/c1-12-10-17(19(26-3)11-15(12)21)23-20(25)13(2)24-9-5-6-14-16(22)7-4-8-18(14)24/h4,7-8,10-11,13H,5-6,9,22H2,1-3H3,(H,23,25). The maximum absolute atomic E-state index is 12.9. The Morgan fingerprint density at radius 3 is 2.88 bits per heavy atom. The van der Waals surface area contributed by atoms with Crippen molar-refractivity contribution in [3.63, 3.8) is 0 Å². The number of amides is 1. The number of anilines is 3. The van der Waals surface area contributed by atoms with Gasteiger partial charge in [0.2, 0.25) is 5.91 Å². The van der Waals surface area contributed by atoms with E-state index >= 15 is 0 Å². The molecule has 2 aromatic rings. The fraction of sp³-hybridized carbons (Fsp3) is 0.350. The first-order valence-electron chi connectivity index (χ1n) is 8.71. The second kappa shape index (κ2) is 7.46. The van der Waals surface area contributed by atoms with E-state index in [1.807, 2.05) is 38.1 Å². The van der Waals surface area contributed by atoms with Crippen LogP contribution in [0.4, 0.5) is 17.1 Å². The maximum atomic E-state index is 12.9. The highest BCUT2D eigenvalue weighted by Crippen LogP contribution is 2.34. The summed E-state index contributed by atoms with van der Waals surface area (Å²) in [4.78, 5) is 15.0. The SMILES string of the molecule is COc1cc(Cl)c(C)cc1NC(=O)C(C)N1CCCc2c(N)cccc21. The number of nitrogens with one attached hydrogen (secondary N) is 1. The molecule has 0 saturated heterocycles. The van der Waals surface area contributed by atoms with Crippen LogP contribution >= 0.6 is 11.6 Å². The van der Waals surface area contributed by atoms with Crippen LogP contribution in [-0.4, -0.2) is 25.6 Å². The van der Waals surface area contributed by atoms with E-state index in [1.165, 1.54) is 0 Å². The number of nitrogen functional groups attached to an aromatic ring is 1. The molecule has 1 amide bonds. The summed E-state index contributed by atoms with van der Waals surface area (Å²) in [5, 5.41) is 3.58. The number of ether oxygens (including phenoxy) is 1. The Hall–Kier alpha value is -2.40. The van der Waals surface area contributed by atoms with E-state index in [2.05, 4.69) is 10.2 Å². The summed E-state index contributed by atoms with van der Waals surface area (Å²) in [6.07, 6.45) is 1.92. The van der Waals surface area contributed by atoms with Gasteiger partial charge in [-0.1, -0.05) is 17.7 Å². The van der Waals surface area contributed by atoms with E-state index in [0.717, 1.165) is 41.9 Å². The van der Waals surface area contributed by atoms with Gasteiger partial charge >= 0.3 is 0 Å². The van der Waals surface area contributed by atoms with Crippen molar-refractivity contribution in [1.82, 2.24) is 0 Å². The number of halogens is 1. The Labute approximate surface area is 159 Å². The minimum absolute atomic E-state index is 0.0969. The molecule has 6 heteroatoms. The predicted octanol–water partition coefficient (Wildman–Crippen LogP) is 4.02. The zero-order valence-corrected chi connectivity index (χ0v) is 16.1. The molecule has 3 N–H and O–H groups in total. The largest absolute Gasteiger partial charge is 0.495 e. The van der Waals surface area contributed by atoms with E-state index < -0.39 is 0 Å². The summed E-state index contributed by atoms with van der Waals surface area (Å²) in [6, 6.07) is 9.08. The molecule has 26 heavy (non-hydrogen) atoms. The van der Waals surface area contributed by atoms with Gasteiger partial charge in [-0.05, 0) is 56.0 Å². The van der Waals surface area contributed by atoms with Crippen LogP contribution in [0.2, 0.25) is 5.02 Å². The first-order chi connectivity index (χ1) is 12.4. The lowest BCUT2D eigenvalue weighted by Crippen LogP contribution is -2.44. The number of nitrogens with zero attached hydrogens (tertiary/aromatic N) is 1. The number of nitrogens with two attached hydrogens (primary N) is 1. The smallest absolute Gasteiger partial charge is 0.246 e. The van der Waals surface area contributed by atoms with Crippen molar-refractivity contribution in [3.8, 4) is 5.75 Å². The Balaban J connectivity index is 1.84. The summed E-state index contributed by atoms with van der Waals surface area (Å²) < 4.78 is 5.35. The van der Waals surface area contributed by atoms with Crippen molar-refractivity contribution in [1.29, 1.82) is 0 Å². The number of carbonyl (C=O) groups is 1. The molecule has 138 valence electrons. The second-order valence-corrected chi connectivity index (χ2v) is 7.02. The van der Waals surface area contributed by atoms with Gasteiger partial charge in [0.15, 0.2) is 0 Å². The van der Waals surface area contributed by atoms with Gasteiger partial charge in [0.25, 0.3) is 0 Å². The van der Waals surface area contributed by atoms with Gasteiger partial charge < -0.3 is 20.7 Å². The zero-order chi connectivity index (χ0) is 18.8. The third-order valence-electron chi connectivity index (χ3n) is 4.91. The molecule has 1 unspecified atom stereocenters. The number of fused-ring (bicyclic) bond motifs is 1. The Morgan fingerprint density at radius 1 is 1.38 bits per heavy atom. The van der Waals surface area contributed by atoms with Crippen LogP contribution in [-0.2, 0) is 11.2 Å². The maximum Gasteiger partial charge on any atom is 0.246 e. The molecule has 2 aromatic carbocycles. The number of hydrogen-bond donors (Lipinski definition) is 2. The van der Waals surface area contributed by atoms with Crippen LogP contribution in [0.1, 0.15) is 24.5 Å². The summed E-state index contributed by atoms with van der Waals surface area (Å²) in [5.41, 5.74) is 10.6. The molecule has 5 nitrogen and oxygen atoms in total. The third-order valence-corrected chi connectivity index (χ3v) is 5.32. The summed E-state index contributed by atoms with van der Waals surface area (Å²) in [6.45, 7) is 4.62. The summed E-state index contributed by atoms with van der Waals surface area (Å²) in [5.74, 6) is 0.449. The van der Waals surface area contributed by atoms with Gasteiger partial charge in [0, 0.05) is 29.0 Å². The molecule has 1 atom stereocenters. The average molecular weight is 374 g/mol. The first-order valence-corrected chi connectivity index (χ1v) is 9.09. The van der Waals surface area contributed by atoms with Crippen LogP contribution < -0.4 is 20.7 Å². The predicted molar refractivity (Wildman–Crippen MR) is 107 cm³/mol. The fourth-order valence-corrected chi connectivity index (χ4v) is 3.54. The molecule has 1 aliphatic rings. The van der Waals surface area contributed by atoms with Gasteiger partial charge in [0.05, 0.1) is 12.8 Å². The van der Waals surface area contributed by atoms with Gasteiger partial charge in [-0.15, -0.1) is 0 Å². The van der Waals surface area contributed by atoms with E-state index in [0.29, 0.717) is 16.5 Å². The topological polar surface area (TPSA) is 67.6 Å². The van der Waals surface area contributed by atoms with Gasteiger partial charge in [-0.3, -0.25) is 4.79 Å².